The third-order valence-electron chi connectivity index (χ3n) is 3.34. The van der Waals surface area contributed by atoms with Crippen LogP contribution in [0.4, 0.5) is 4.79 Å². The molecule has 1 aromatic rings. The predicted molar refractivity (Wildman–Crippen MR) is 78.1 cm³/mol. The van der Waals surface area contributed by atoms with Crippen LogP contribution in [0.3, 0.4) is 0 Å². The normalized spacial score (nSPS) is 18.6. The Bertz CT molecular complexity index is 449. The van der Waals surface area contributed by atoms with Gasteiger partial charge in [-0.05, 0) is 31.2 Å². The Balaban J connectivity index is 1.53. The van der Waals surface area contributed by atoms with Crippen molar-refractivity contribution in [1.82, 2.24) is 10.2 Å². The van der Waals surface area contributed by atoms with E-state index in [2.05, 4.69) is 10.2 Å². The van der Waals surface area contributed by atoms with Crippen molar-refractivity contribution >= 4 is 6.09 Å². The summed E-state index contributed by atoms with van der Waals surface area (Å²) < 4.78 is 10.7. The number of amides is 1. The van der Waals surface area contributed by atoms with Gasteiger partial charge in [-0.25, -0.2) is 4.79 Å². The fourth-order valence-corrected chi connectivity index (χ4v) is 2.19. The molecule has 1 unspecified atom stereocenters. The molecule has 2 rings (SSSR count). The maximum absolute atomic E-state index is 11.5. The highest BCUT2D eigenvalue weighted by atomic mass is 16.6. The number of hydrogen-bond donors (Lipinski definition) is 2. The van der Waals surface area contributed by atoms with Crippen molar-refractivity contribution in [3.8, 4) is 5.75 Å². The number of likely N-dealkylation sites (N-methyl/N-ethyl adjacent to an activating group) is 1. The zero-order valence-corrected chi connectivity index (χ0v) is 12.2. The smallest absolute Gasteiger partial charge is 0.407 e. The number of rotatable bonds is 6. The lowest BCUT2D eigenvalue weighted by atomic mass is 10.2. The Labute approximate surface area is 124 Å². The molecule has 6 heteroatoms. The molecule has 0 saturated carbocycles. The molecule has 0 bridgehead atoms. The summed E-state index contributed by atoms with van der Waals surface area (Å²) in [6.45, 7) is 3.04. The van der Waals surface area contributed by atoms with E-state index >= 15 is 0 Å². The molecule has 1 aliphatic heterocycles. The van der Waals surface area contributed by atoms with E-state index in [1.165, 1.54) is 0 Å². The number of nitrogens with zero attached hydrogens (tertiary/aromatic N) is 1. The molecule has 0 radical (unpaired) electrons. The number of carbonyl (C=O) groups is 1. The Morgan fingerprint density at radius 1 is 1.43 bits per heavy atom. The molecule has 0 spiro atoms. The van der Waals surface area contributed by atoms with Crippen molar-refractivity contribution in [3.05, 3.63) is 29.8 Å². The minimum absolute atomic E-state index is 0.00656. The monoisotopic (exact) mass is 294 g/mol. The van der Waals surface area contributed by atoms with E-state index < -0.39 is 0 Å². The second-order valence-corrected chi connectivity index (χ2v) is 5.22. The van der Waals surface area contributed by atoms with Crippen LogP contribution in [-0.4, -0.2) is 55.5 Å². The Kier molecular flexibility index (Phi) is 5.83. The first-order valence-electron chi connectivity index (χ1n) is 7.12. The molecule has 1 aliphatic rings. The summed E-state index contributed by atoms with van der Waals surface area (Å²) >= 11 is 0. The largest absolute Gasteiger partial charge is 0.508 e. The fraction of sp³-hybridized carbons (Fsp3) is 0.533. The van der Waals surface area contributed by atoms with Gasteiger partial charge in [0.1, 0.15) is 11.9 Å². The maximum Gasteiger partial charge on any atom is 0.407 e. The lowest BCUT2D eigenvalue weighted by Crippen LogP contribution is -2.32. The average molecular weight is 294 g/mol. The van der Waals surface area contributed by atoms with Gasteiger partial charge in [0.05, 0.1) is 13.2 Å². The minimum atomic E-state index is -0.386. The van der Waals surface area contributed by atoms with Crippen molar-refractivity contribution in [2.45, 2.75) is 19.1 Å². The average Bonchev–Trinajstić information content (AvgIpc) is 2.86. The van der Waals surface area contributed by atoms with Crippen LogP contribution < -0.4 is 5.32 Å². The summed E-state index contributed by atoms with van der Waals surface area (Å²) in [5, 5.41) is 11.8. The van der Waals surface area contributed by atoms with E-state index in [0.29, 0.717) is 19.8 Å². The third kappa shape index (κ3) is 5.61. The molecule has 21 heavy (non-hydrogen) atoms. The summed E-state index contributed by atoms with van der Waals surface area (Å²) in [4.78, 5) is 13.7. The van der Waals surface area contributed by atoms with Crippen molar-refractivity contribution < 1.29 is 19.4 Å². The van der Waals surface area contributed by atoms with Gasteiger partial charge < -0.3 is 24.8 Å². The lowest BCUT2D eigenvalue weighted by Gasteiger charge is -2.13. The summed E-state index contributed by atoms with van der Waals surface area (Å²) in [6.07, 6.45) is 0.498. The highest BCUT2D eigenvalue weighted by molar-refractivity contribution is 5.67. The fourth-order valence-electron chi connectivity index (χ4n) is 2.19. The van der Waals surface area contributed by atoms with Gasteiger partial charge in [-0.1, -0.05) is 12.1 Å². The van der Waals surface area contributed by atoms with Crippen LogP contribution in [0.1, 0.15) is 12.0 Å². The number of aromatic hydroxyl groups is 1. The molecule has 0 aliphatic carbocycles. The molecular weight excluding hydrogens is 272 g/mol. The van der Waals surface area contributed by atoms with Crippen LogP contribution in [-0.2, 0) is 16.1 Å². The molecule has 1 aromatic carbocycles. The van der Waals surface area contributed by atoms with Crippen molar-refractivity contribution in [2.75, 3.05) is 33.3 Å². The van der Waals surface area contributed by atoms with Crippen LogP contribution in [0, 0.1) is 0 Å². The Morgan fingerprint density at radius 2 is 2.19 bits per heavy atom. The molecule has 1 amide bonds. The molecule has 0 aromatic heterocycles. The molecular formula is C15H22N2O4. The topological polar surface area (TPSA) is 71.0 Å². The van der Waals surface area contributed by atoms with E-state index in [-0.39, 0.29) is 17.9 Å². The van der Waals surface area contributed by atoms with Gasteiger partial charge in [-0.2, -0.15) is 0 Å². The molecule has 2 N–H and O–H groups in total. The number of phenols is 1. The highest BCUT2D eigenvalue weighted by Gasteiger charge is 2.22. The minimum Gasteiger partial charge on any atom is -0.508 e. The van der Waals surface area contributed by atoms with Crippen LogP contribution in [0.25, 0.3) is 0 Å². The first-order valence-corrected chi connectivity index (χ1v) is 7.12. The van der Waals surface area contributed by atoms with Crippen LogP contribution in [0.5, 0.6) is 5.75 Å². The number of carbonyl (C=O) groups excluding carboxylic acids is 1. The van der Waals surface area contributed by atoms with Gasteiger partial charge >= 0.3 is 6.09 Å². The van der Waals surface area contributed by atoms with Crippen LogP contribution in [0.15, 0.2) is 24.3 Å². The van der Waals surface area contributed by atoms with Gasteiger partial charge in [0.25, 0.3) is 0 Å². The lowest BCUT2D eigenvalue weighted by molar-refractivity contribution is 0.0919. The zero-order chi connectivity index (χ0) is 15.1. The summed E-state index contributed by atoms with van der Waals surface area (Å²) in [5.41, 5.74) is 0.976. The molecule has 1 atom stereocenters. The number of benzene rings is 1. The highest BCUT2D eigenvalue weighted by Crippen LogP contribution is 2.11. The summed E-state index contributed by atoms with van der Waals surface area (Å²) in [6, 6.07) is 6.83. The van der Waals surface area contributed by atoms with Gasteiger partial charge in [-0.3, -0.25) is 0 Å². The number of phenolic OH excluding ortho intramolecular Hbond substituents is 1. The summed E-state index contributed by atoms with van der Waals surface area (Å²) in [7, 11) is 2.01. The Morgan fingerprint density at radius 3 is 2.86 bits per heavy atom. The van der Waals surface area contributed by atoms with E-state index in [1.54, 1.807) is 24.3 Å². The van der Waals surface area contributed by atoms with Crippen molar-refractivity contribution in [3.63, 3.8) is 0 Å². The van der Waals surface area contributed by atoms with Gasteiger partial charge in [-0.15, -0.1) is 0 Å². The number of alkyl carbamates (subject to hydrolysis) is 1. The number of ether oxygens (including phenoxy) is 2. The summed E-state index contributed by atoms with van der Waals surface area (Å²) in [5.74, 6) is 0.237. The van der Waals surface area contributed by atoms with E-state index in [0.717, 1.165) is 25.1 Å². The second kappa shape index (κ2) is 7.85. The SMILES string of the molecule is CN1CCC(OC(=O)NCCOCc2ccc(O)cc2)C1. The van der Waals surface area contributed by atoms with Crippen LogP contribution >= 0.6 is 0 Å². The zero-order valence-electron chi connectivity index (χ0n) is 12.2. The first kappa shape index (κ1) is 15.6. The van der Waals surface area contributed by atoms with E-state index in [4.69, 9.17) is 14.6 Å². The van der Waals surface area contributed by atoms with E-state index in [9.17, 15) is 4.79 Å². The van der Waals surface area contributed by atoms with Crippen molar-refractivity contribution in [1.29, 1.82) is 0 Å². The molecule has 1 fully saturated rings. The van der Waals surface area contributed by atoms with Gasteiger partial charge in [0.2, 0.25) is 0 Å². The molecule has 116 valence electrons. The molecule has 1 heterocycles. The van der Waals surface area contributed by atoms with Crippen molar-refractivity contribution in [2.24, 2.45) is 0 Å². The quantitative estimate of drug-likeness (QED) is 0.775. The molecule has 1 saturated heterocycles. The maximum atomic E-state index is 11.5. The molecule has 6 nitrogen and oxygen atoms in total. The van der Waals surface area contributed by atoms with Crippen LogP contribution in [0.2, 0.25) is 0 Å². The predicted octanol–water partition coefficient (Wildman–Crippen LogP) is 1.34. The number of nitrogens with one attached hydrogen (secondary N) is 1. The standard InChI is InChI=1S/C15H22N2O4/c1-17-8-6-14(10-17)21-15(19)16-7-9-20-11-12-2-4-13(18)5-3-12/h2-5,14,18H,6-11H2,1H3,(H,16,19). The number of hydrogen-bond acceptors (Lipinski definition) is 5. The van der Waals surface area contributed by atoms with Gasteiger partial charge in [0.15, 0.2) is 0 Å². The Hall–Kier alpha value is -1.79. The number of likely N-dealkylation sites (tertiary alicyclic amines) is 1. The second-order valence-electron chi connectivity index (χ2n) is 5.22. The van der Waals surface area contributed by atoms with E-state index in [1.807, 2.05) is 7.05 Å². The van der Waals surface area contributed by atoms with Gasteiger partial charge in [0, 0.05) is 19.6 Å². The third-order valence-corrected chi connectivity index (χ3v) is 3.34. The first-order chi connectivity index (χ1) is 10.1.